The number of hydrogen-bond acceptors (Lipinski definition) is 4. The molecule has 1 aromatic rings. The van der Waals surface area contributed by atoms with E-state index in [2.05, 4.69) is 41.4 Å². The summed E-state index contributed by atoms with van der Waals surface area (Å²) in [7, 11) is 1.80. The quantitative estimate of drug-likeness (QED) is 0.350. The minimum Gasteiger partial charge on any atom is -0.475 e. The number of ether oxygens (including phenoxy) is 2. The number of pyridine rings is 1. The maximum absolute atomic E-state index is 5.94. The number of nitrogens with zero attached hydrogens (tertiary/aromatic N) is 2. The smallest absolute Gasteiger partial charge is 0.213 e. The van der Waals surface area contributed by atoms with Gasteiger partial charge < -0.3 is 20.1 Å². The molecule has 0 aromatic carbocycles. The first-order chi connectivity index (χ1) is 12.5. The number of aliphatic imine (C=N–C) groups is 1. The fourth-order valence-electron chi connectivity index (χ4n) is 3.89. The topological polar surface area (TPSA) is 67.8 Å². The molecular weight excluding hydrogens is 455 g/mol. The summed E-state index contributed by atoms with van der Waals surface area (Å²) < 4.78 is 11.8. The normalized spacial score (nSPS) is 25.2. The van der Waals surface area contributed by atoms with Crippen molar-refractivity contribution in [3.05, 3.63) is 23.9 Å². The van der Waals surface area contributed by atoms with E-state index in [0.29, 0.717) is 36.6 Å². The molecule has 4 atom stereocenters. The Bertz CT molecular complexity index is 626. The number of guanidine groups is 1. The van der Waals surface area contributed by atoms with E-state index >= 15 is 0 Å². The van der Waals surface area contributed by atoms with Gasteiger partial charge in [0.05, 0.1) is 24.4 Å². The highest BCUT2D eigenvalue weighted by molar-refractivity contribution is 14.0. The van der Waals surface area contributed by atoms with Crippen LogP contribution in [-0.2, 0) is 11.3 Å². The highest BCUT2D eigenvalue weighted by atomic mass is 127. The Morgan fingerprint density at radius 1 is 1.37 bits per heavy atom. The Balaban J connectivity index is 0.00000261. The molecular formula is C20H33IN4O2. The van der Waals surface area contributed by atoms with Crippen LogP contribution in [0, 0.1) is 5.92 Å². The highest BCUT2D eigenvalue weighted by Crippen LogP contribution is 2.34. The third-order valence-electron chi connectivity index (χ3n) is 5.04. The van der Waals surface area contributed by atoms with Crippen LogP contribution in [0.4, 0.5) is 0 Å². The summed E-state index contributed by atoms with van der Waals surface area (Å²) in [5, 5.41) is 6.89. The standard InChI is InChI=1S/C20H32N4O2.HI/c1-13(2)9-14(3)25-19-10-15(7-8-22-19)12-23-20(21-4)24-17-11-16-5-6-18(17)26-16;/h7-8,10,13-14,16-18H,5-6,9,11-12H2,1-4H3,(H2,21,23,24);1H. The van der Waals surface area contributed by atoms with Gasteiger partial charge in [-0.15, -0.1) is 24.0 Å². The van der Waals surface area contributed by atoms with Crippen molar-refractivity contribution in [2.24, 2.45) is 10.9 Å². The lowest BCUT2D eigenvalue weighted by atomic mass is 9.96. The lowest BCUT2D eigenvalue weighted by Crippen LogP contribution is -2.47. The molecule has 2 saturated heterocycles. The molecule has 0 radical (unpaired) electrons. The van der Waals surface area contributed by atoms with Crippen LogP contribution in [-0.4, -0.2) is 42.3 Å². The fourth-order valence-corrected chi connectivity index (χ4v) is 3.89. The SMILES string of the molecule is CN=C(NCc1ccnc(OC(C)CC(C)C)c1)NC1CC2CCC1O2.I. The van der Waals surface area contributed by atoms with Crippen molar-refractivity contribution >= 4 is 29.9 Å². The van der Waals surface area contributed by atoms with Gasteiger partial charge in [0.1, 0.15) is 0 Å². The zero-order chi connectivity index (χ0) is 18.5. The molecule has 152 valence electrons. The van der Waals surface area contributed by atoms with Crippen LogP contribution in [0.3, 0.4) is 0 Å². The largest absolute Gasteiger partial charge is 0.475 e. The first-order valence-corrected chi connectivity index (χ1v) is 9.77. The molecule has 4 unspecified atom stereocenters. The van der Waals surface area contributed by atoms with Gasteiger partial charge in [0.2, 0.25) is 5.88 Å². The Kier molecular flexibility index (Phi) is 8.60. The second-order valence-corrected chi connectivity index (χ2v) is 7.85. The van der Waals surface area contributed by atoms with Crippen LogP contribution >= 0.6 is 24.0 Å². The van der Waals surface area contributed by atoms with Crippen LogP contribution in [0.2, 0.25) is 0 Å². The number of rotatable bonds is 7. The number of halogens is 1. The Hall–Kier alpha value is -1.09. The predicted octanol–water partition coefficient (Wildman–Crippen LogP) is 3.50. The maximum atomic E-state index is 5.94. The molecule has 0 amide bonds. The highest BCUT2D eigenvalue weighted by Gasteiger charge is 2.41. The Labute approximate surface area is 179 Å². The third kappa shape index (κ3) is 6.48. The van der Waals surface area contributed by atoms with E-state index in [1.165, 1.54) is 6.42 Å². The van der Waals surface area contributed by atoms with Gasteiger partial charge in [-0.25, -0.2) is 4.98 Å². The summed E-state index contributed by atoms with van der Waals surface area (Å²) >= 11 is 0. The van der Waals surface area contributed by atoms with Crippen molar-refractivity contribution in [3.8, 4) is 5.88 Å². The molecule has 2 aliphatic rings. The van der Waals surface area contributed by atoms with E-state index in [9.17, 15) is 0 Å². The summed E-state index contributed by atoms with van der Waals surface area (Å²) in [6.45, 7) is 7.18. The Morgan fingerprint density at radius 2 is 2.19 bits per heavy atom. The lowest BCUT2D eigenvalue weighted by Gasteiger charge is -2.22. The molecule has 1 aromatic heterocycles. The maximum Gasteiger partial charge on any atom is 0.213 e. The molecule has 2 fully saturated rings. The third-order valence-corrected chi connectivity index (χ3v) is 5.04. The van der Waals surface area contributed by atoms with Gasteiger partial charge in [0.25, 0.3) is 0 Å². The second-order valence-electron chi connectivity index (χ2n) is 7.85. The summed E-state index contributed by atoms with van der Waals surface area (Å²) in [4.78, 5) is 8.68. The first kappa shape index (κ1) is 22.2. The molecule has 27 heavy (non-hydrogen) atoms. The Morgan fingerprint density at radius 3 is 2.81 bits per heavy atom. The molecule has 7 heteroatoms. The minimum absolute atomic E-state index is 0. The monoisotopic (exact) mass is 488 g/mol. The van der Waals surface area contributed by atoms with Gasteiger partial charge in [-0.05, 0) is 50.2 Å². The van der Waals surface area contributed by atoms with Gasteiger partial charge in [0.15, 0.2) is 5.96 Å². The average molecular weight is 488 g/mol. The van der Waals surface area contributed by atoms with Crippen molar-refractivity contribution in [2.45, 2.75) is 77.4 Å². The number of aromatic nitrogens is 1. The lowest BCUT2D eigenvalue weighted by molar-refractivity contribution is 0.0992. The second kappa shape index (κ2) is 10.5. The number of hydrogen-bond donors (Lipinski definition) is 2. The van der Waals surface area contributed by atoms with Gasteiger partial charge >= 0.3 is 0 Å². The summed E-state index contributed by atoms with van der Waals surface area (Å²) in [5.41, 5.74) is 1.12. The molecule has 0 saturated carbocycles. The fraction of sp³-hybridized carbons (Fsp3) is 0.700. The first-order valence-electron chi connectivity index (χ1n) is 9.77. The van der Waals surface area contributed by atoms with E-state index in [-0.39, 0.29) is 30.1 Å². The van der Waals surface area contributed by atoms with E-state index in [0.717, 1.165) is 30.8 Å². The summed E-state index contributed by atoms with van der Waals surface area (Å²) in [5.74, 6) is 2.11. The predicted molar refractivity (Wildman–Crippen MR) is 119 cm³/mol. The number of nitrogens with one attached hydrogen (secondary N) is 2. The van der Waals surface area contributed by atoms with Crippen LogP contribution in [0.25, 0.3) is 0 Å². The minimum atomic E-state index is 0. The van der Waals surface area contributed by atoms with E-state index in [4.69, 9.17) is 9.47 Å². The average Bonchev–Trinajstić information content (AvgIpc) is 3.21. The van der Waals surface area contributed by atoms with E-state index in [1.54, 1.807) is 13.2 Å². The van der Waals surface area contributed by atoms with E-state index in [1.807, 2.05) is 12.1 Å². The molecule has 3 rings (SSSR count). The van der Waals surface area contributed by atoms with Crippen LogP contribution in [0.15, 0.2) is 23.3 Å². The molecule has 2 N–H and O–H groups in total. The van der Waals surface area contributed by atoms with Gasteiger partial charge in [0, 0.05) is 25.9 Å². The molecule has 3 heterocycles. The van der Waals surface area contributed by atoms with Crippen LogP contribution in [0.1, 0.15) is 52.0 Å². The molecule has 2 aliphatic heterocycles. The van der Waals surface area contributed by atoms with Crippen molar-refractivity contribution in [1.29, 1.82) is 0 Å². The molecule has 0 aliphatic carbocycles. The number of fused-ring (bicyclic) bond motifs is 2. The van der Waals surface area contributed by atoms with Crippen molar-refractivity contribution in [2.75, 3.05) is 7.05 Å². The molecule has 0 spiro atoms. The van der Waals surface area contributed by atoms with Crippen molar-refractivity contribution in [3.63, 3.8) is 0 Å². The van der Waals surface area contributed by atoms with Crippen LogP contribution < -0.4 is 15.4 Å². The summed E-state index contributed by atoms with van der Waals surface area (Å²) in [6.07, 6.45) is 7.18. The molecule has 2 bridgehead atoms. The van der Waals surface area contributed by atoms with Gasteiger partial charge in [-0.2, -0.15) is 0 Å². The van der Waals surface area contributed by atoms with E-state index < -0.39 is 0 Å². The molecule has 6 nitrogen and oxygen atoms in total. The van der Waals surface area contributed by atoms with Crippen molar-refractivity contribution < 1.29 is 9.47 Å². The van der Waals surface area contributed by atoms with Crippen LogP contribution in [0.5, 0.6) is 5.88 Å². The zero-order valence-electron chi connectivity index (χ0n) is 16.8. The van der Waals surface area contributed by atoms with Gasteiger partial charge in [-0.3, -0.25) is 4.99 Å². The summed E-state index contributed by atoms with van der Waals surface area (Å²) in [6, 6.07) is 4.37. The van der Waals surface area contributed by atoms with Gasteiger partial charge in [-0.1, -0.05) is 13.8 Å². The van der Waals surface area contributed by atoms with Crippen molar-refractivity contribution in [1.82, 2.24) is 15.6 Å². The zero-order valence-corrected chi connectivity index (χ0v) is 19.1.